The van der Waals surface area contributed by atoms with Gasteiger partial charge < -0.3 is 9.64 Å². The van der Waals surface area contributed by atoms with Crippen LogP contribution < -0.4 is 0 Å². The molecule has 0 aliphatic carbocycles. The van der Waals surface area contributed by atoms with Crippen molar-refractivity contribution in [2.75, 3.05) is 19.8 Å². The Morgan fingerprint density at radius 3 is 2.09 bits per heavy atom. The Morgan fingerprint density at radius 1 is 0.956 bits per heavy atom. The molecule has 1 unspecified atom stereocenters. The molecule has 1 saturated heterocycles. The predicted molar refractivity (Wildman–Crippen MR) is 147 cm³/mol. The summed E-state index contributed by atoms with van der Waals surface area (Å²) in [6.07, 6.45) is -11.8. The molecule has 9 nitrogen and oxygen atoms in total. The first-order chi connectivity index (χ1) is 20.9. The van der Waals surface area contributed by atoms with E-state index < -0.39 is 73.6 Å². The normalized spacial score (nSPS) is 17.7. The third-order valence-corrected chi connectivity index (χ3v) is 8.80. The molecule has 1 aliphatic heterocycles. The number of carbonyl (C=O) groups is 1. The fraction of sp³-hybridized carbons (Fsp3) is 0.296. The lowest BCUT2D eigenvalue weighted by Crippen LogP contribution is -2.50. The van der Waals surface area contributed by atoms with Crippen molar-refractivity contribution >= 4 is 44.9 Å². The van der Waals surface area contributed by atoms with Gasteiger partial charge in [0, 0.05) is 24.2 Å². The summed E-state index contributed by atoms with van der Waals surface area (Å²) < 4.78 is 117. The summed E-state index contributed by atoms with van der Waals surface area (Å²) >= 11 is 12.1. The zero-order valence-electron chi connectivity index (χ0n) is 22.4. The van der Waals surface area contributed by atoms with Crippen LogP contribution in [-0.4, -0.2) is 49.9 Å². The van der Waals surface area contributed by atoms with E-state index >= 15 is 0 Å². The topological polar surface area (TPSA) is 116 Å². The maximum absolute atomic E-state index is 13.6. The van der Waals surface area contributed by atoms with Crippen molar-refractivity contribution in [1.29, 1.82) is 0 Å². The van der Waals surface area contributed by atoms with Gasteiger partial charge in [0.1, 0.15) is 6.10 Å². The molecule has 1 amide bonds. The number of halogens is 8. The first kappa shape index (κ1) is 34.4. The first-order valence-electron chi connectivity index (χ1n) is 12.7. The fourth-order valence-electron chi connectivity index (χ4n) is 4.61. The van der Waals surface area contributed by atoms with Crippen LogP contribution in [0.15, 0.2) is 65.6 Å². The third-order valence-electron chi connectivity index (χ3n) is 6.74. The Hall–Kier alpha value is -3.44. The highest BCUT2D eigenvalue weighted by Crippen LogP contribution is 2.39. The summed E-state index contributed by atoms with van der Waals surface area (Å²) in [7, 11) is -4.49. The second-order valence-corrected chi connectivity index (χ2v) is 12.1. The molecular weight excluding hydrogens is 681 g/mol. The first-order valence-corrected chi connectivity index (χ1v) is 14.9. The molecule has 0 spiro atoms. The third kappa shape index (κ3) is 8.05. The molecular formula is C27H20Cl2F6N2O7S. The highest BCUT2D eigenvalue weighted by atomic mass is 35.5. The molecule has 0 aromatic heterocycles. The molecule has 1 heterocycles. The maximum atomic E-state index is 13.6. The van der Waals surface area contributed by atoms with Gasteiger partial charge in [-0.05, 0) is 54.4 Å². The van der Waals surface area contributed by atoms with Crippen LogP contribution in [0.2, 0.25) is 10.0 Å². The smallest absolute Gasteiger partial charge is 0.370 e. The Bertz CT molecular complexity index is 1670. The van der Waals surface area contributed by atoms with Crippen LogP contribution in [0.25, 0.3) is 0 Å². The van der Waals surface area contributed by atoms with Crippen LogP contribution in [0.1, 0.15) is 39.6 Å². The summed E-state index contributed by atoms with van der Waals surface area (Å²) in [5.74, 6) is -1.21. The van der Waals surface area contributed by atoms with Gasteiger partial charge in [-0.25, -0.2) is 0 Å². The molecule has 18 heteroatoms. The standard InChI is InChI=1S/C27H20Cl2F6N2O7S/c28-21-6-1-15(13-22(21)29)24-23(7-9-44-45(41,42)20-4-2-19(3-5-20)37(39)40)36(8-10-43-24)25(38)16-11-17(26(30,31)32)14-18(12-16)27(33,34)35/h1-6,11-14,23-24H,7-10H2/t23?,24-/m1/s1. The van der Waals surface area contributed by atoms with Crippen molar-refractivity contribution in [2.24, 2.45) is 0 Å². The zero-order valence-corrected chi connectivity index (χ0v) is 24.8. The highest BCUT2D eigenvalue weighted by Gasteiger charge is 2.41. The molecule has 1 aliphatic rings. The average Bonchev–Trinajstić information content (AvgIpc) is 2.97. The molecule has 0 saturated carbocycles. The second kappa shape index (κ2) is 13.1. The number of nitro groups is 1. The van der Waals surface area contributed by atoms with Gasteiger partial charge in [0.2, 0.25) is 0 Å². The molecule has 1 fully saturated rings. The highest BCUT2D eigenvalue weighted by molar-refractivity contribution is 7.86. The van der Waals surface area contributed by atoms with Gasteiger partial charge >= 0.3 is 12.4 Å². The lowest BCUT2D eigenvalue weighted by atomic mass is 9.95. The van der Waals surface area contributed by atoms with E-state index in [2.05, 4.69) is 0 Å². The number of ether oxygens (including phenoxy) is 1. The van der Waals surface area contributed by atoms with E-state index in [1.165, 1.54) is 18.2 Å². The van der Waals surface area contributed by atoms with E-state index in [1.54, 1.807) is 0 Å². The van der Waals surface area contributed by atoms with Gasteiger partial charge in [-0.2, -0.15) is 34.8 Å². The Balaban J connectivity index is 1.68. The number of amides is 1. The van der Waals surface area contributed by atoms with Gasteiger partial charge in [-0.15, -0.1) is 0 Å². The number of hydrogen-bond acceptors (Lipinski definition) is 7. The number of rotatable bonds is 8. The lowest BCUT2D eigenvalue weighted by Gasteiger charge is -2.41. The van der Waals surface area contributed by atoms with Crippen molar-refractivity contribution in [2.45, 2.75) is 35.8 Å². The number of morpholine rings is 1. The number of nitrogens with zero attached hydrogens (tertiary/aromatic N) is 2. The molecule has 2 atom stereocenters. The summed E-state index contributed by atoms with van der Waals surface area (Å²) in [4.78, 5) is 24.3. The van der Waals surface area contributed by atoms with Crippen LogP contribution in [0.5, 0.6) is 0 Å². The molecule has 45 heavy (non-hydrogen) atoms. The minimum atomic E-state index is -5.21. The molecule has 0 bridgehead atoms. The van der Waals surface area contributed by atoms with E-state index in [0.29, 0.717) is 17.7 Å². The van der Waals surface area contributed by atoms with Crippen LogP contribution in [0, 0.1) is 10.1 Å². The molecule has 4 rings (SSSR count). The van der Waals surface area contributed by atoms with E-state index in [1.807, 2.05) is 0 Å². The number of nitro benzene ring substituents is 1. The van der Waals surface area contributed by atoms with Crippen LogP contribution in [0.4, 0.5) is 32.0 Å². The van der Waals surface area contributed by atoms with Gasteiger partial charge in [0.05, 0.1) is 50.2 Å². The molecule has 3 aromatic rings. The summed E-state index contributed by atoms with van der Waals surface area (Å²) in [5, 5.41) is 11.1. The van der Waals surface area contributed by atoms with Crippen LogP contribution in [0.3, 0.4) is 0 Å². The van der Waals surface area contributed by atoms with Crippen molar-refractivity contribution in [1.82, 2.24) is 4.90 Å². The van der Waals surface area contributed by atoms with Crippen LogP contribution >= 0.6 is 23.2 Å². The van der Waals surface area contributed by atoms with Gasteiger partial charge in [0.15, 0.2) is 0 Å². The average molecular weight is 701 g/mol. The minimum absolute atomic E-state index is 0.0738. The van der Waals surface area contributed by atoms with E-state index in [4.69, 9.17) is 32.1 Å². The molecule has 0 radical (unpaired) electrons. The van der Waals surface area contributed by atoms with Gasteiger partial charge in [0.25, 0.3) is 21.7 Å². The Morgan fingerprint density at radius 2 is 1.56 bits per heavy atom. The summed E-state index contributed by atoms with van der Waals surface area (Å²) in [6, 6.07) is 7.33. The SMILES string of the molecule is O=C(c1cc(C(F)(F)F)cc(C(F)(F)F)c1)N1CCO[C@H](c2ccc(Cl)c(Cl)c2)C1CCOS(=O)(=O)c1ccc([N+](=O)[O-])cc1. The van der Waals surface area contributed by atoms with Crippen molar-refractivity contribution in [3.05, 3.63) is 103 Å². The van der Waals surface area contributed by atoms with E-state index in [-0.39, 0.29) is 41.4 Å². The maximum Gasteiger partial charge on any atom is 0.416 e. The Kier molecular flexibility index (Phi) is 10.0. The lowest BCUT2D eigenvalue weighted by molar-refractivity contribution is -0.384. The quantitative estimate of drug-likeness (QED) is 0.105. The number of benzene rings is 3. The molecule has 3 aromatic carbocycles. The number of non-ortho nitro benzene ring substituents is 1. The number of carbonyl (C=O) groups excluding carboxylic acids is 1. The molecule has 0 N–H and O–H groups in total. The van der Waals surface area contributed by atoms with Gasteiger partial charge in [-0.1, -0.05) is 29.3 Å². The Labute approximate surface area is 261 Å². The van der Waals surface area contributed by atoms with Crippen molar-refractivity contribution in [3.8, 4) is 0 Å². The van der Waals surface area contributed by atoms with E-state index in [9.17, 15) is 49.7 Å². The monoisotopic (exact) mass is 700 g/mol. The summed E-state index contributed by atoms with van der Waals surface area (Å²) in [6.45, 7) is -1.11. The molecule has 242 valence electrons. The van der Waals surface area contributed by atoms with Crippen LogP contribution in [-0.2, 0) is 31.4 Å². The second-order valence-electron chi connectivity index (χ2n) is 9.64. The number of alkyl halides is 6. The minimum Gasteiger partial charge on any atom is -0.370 e. The number of hydrogen-bond donors (Lipinski definition) is 0. The fourth-order valence-corrected chi connectivity index (χ4v) is 5.84. The predicted octanol–water partition coefficient (Wildman–Crippen LogP) is 7.32. The van der Waals surface area contributed by atoms with Gasteiger partial charge in [-0.3, -0.25) is 19.1 Å². The van der Waals surface area contributed by atoms with E-state index in [0.717, 1.165) is 29.2 Å². The van der Waals surface area contributed by atoms with Crippen molar-refractivity contribution < 1.29 is 53.4 Å². The van der Waals surface area contributed by atoms with Crippen molar-refractivity contribution in [3.63, 3.8) is 0 Å². The largest absolute Gasteiger partial charge is 0.416 e. The zero-order chi connectivity index (χ0) is 33.3. The summed E-state index contributed by atoms with van der Waals surface area (Å²) in [5.41, 5.74) is -4.34.